The third-order valence-corrected chi connectivity index (χ3v) is 5.44. The molecule has 2 heterocycles. The summed E-state index contributed by atoms with van der Waals surface area (Å²) >= 11 is 0. The van der Waals surface area contributed by atoms with Crippen LogP contribution in [0.25, 0.3) is 0 Å². The molecule has 28 heavy (non-hydrogen) atoms. The molecule has 0 aromatic carbocycles. The molecular formula is C17H24O11. The van der Waals surface area contributed by atoms with Crippen LogP contribution in [0.3, 0.4) is 0 Å². The lowest BCUT2D eigenvalue weighted by Crippen LogP contribution is -2.60. The first-order valence-corrected chi connectivity index (χ1v) is 8.78. The van der Waals surface area contributed by atoms with Gasteiger partial charge in [-0.25, -0.2) is 0 Å². The zero-order valence-corrected chi connectivity index (χ0v) is 15.3. The highest BCUT2D eigenvalue weighted by molar-refractivity contribution is 5.88. The Morgan fingerprint density at radius 3 is 2.57 bits per heavy atom. The van der Waals surface area contributed by atoms with E-state index in [9.17, 15) is 35.1 Å². The fraction of sp³-hybridized carbons (Fsp3) is 0.765. The van der Waals surface area contributed by atoms with Crippen molar-refractivity contribution in [3.8, 4) is 0 Å². The van der Waals surface area contributed by atoms with Gasteiger partial charge in [0, 0.05) is 13.3 Å². The second kappa shape index (κ2) is 7.34. The minimum Gasteiger partial charge on any atom is -0.472 e. The standard InChI is InChI=1S/C17H24O11/c1-7(19)28-16(2)5-9(20)17(24)3-4-25-15(13(16)17)27-14-12(23)11(22)10(21)8(6-18)26-14/h3-4,8-10,12-15,18,20-21,23-24H,5-6H2,1-2H3/t8-,9-,10-,12-,13-,14+,15+,16+,17-/m1/s1. The van der Waals surface area contributed by atoms with Crippen LogP contribution in [0.5, 0.6) is 0 Å². The van der Waals surface area contributed by atoms with Crippen molar-refractivity contribution in [3.63, 3.8) is 0 Å². The minimum absolute atomic E-state index is 0.119. The molecule has 0 aromatic rings. The Hall–Kier alpha value is -1.60. The molecule has 11 nitrogen and oxygen atoms in total. The first-order chi connectivity index (χ1) is 13.0. The normalized spacial score (nSPS) is 48.1. The molecule has 11 heteroatoms. The summed E-state index contributed by atoms with van der Waals surface area (Å²) in [6, 6.07) is 0. The molecular weight excluding hydrogens is 380 g/mol. The molecule has 0 unspecified atom stereocenters. The molecule has 1 saturated carbocycles. The Labute approximate surface area is 160 Å². The molecule has 1 saturated heterocycles. The first-order valence-electron chi connectivity index (χ1n) is 8.78. The van der Waals surface area contributed by atoms with E-state index in [0.717, 1.165) is 6.26 Å². The second-order valence-corrected chi connectivity index (χ2v) is 7.45. The highest BCUT2D eigenvalue weighted by atomic mass is 16.8. The van der Waals surface area contributed by atoms with Gasteiger partial charge in [-0.15, -0.1) is 0 Å². The van der Waals surface area contributed by atoms with Crippen LogP contribution in [0.2, 0.25) is 0 Å². The lowest BCUT2D eigenvalue weighted by Gasteiger charge is -2.44. The highest BCUT2D eigenvalue weighted by Gasteiger charge is 2.66. The molecule has 0 amide bonds. The first kappa shape index (κ1) is 21.1. The van der Waals surface area contributed by atoms with Crippen LogP contribution in [0, 0.1) is 5.92 Å². The van der Waals surface area contributed by atoms with Crippen molar-refractivity contribution in [2.45, 2.75) is 68.5 Å². The van der Waals surface area contributed by atoms with Crippen molar-refractivity contribution in [1.29, 1.82) is 0 Å². The van der Waals surface area contributed by atoms with Crippen LogP contribution >= 0.6 is 0 Å². The summed E-state index contributed by atoms with van der Waals surface area (Å²) in [5.74, 6) is -2.79. The summed E-state index contributed by atoms with van der Waals surface area (Å²) in [5, 5.41) is 50.3. The summed E-state index contributed by atoms with van der Waals surface area (Å²) in [6.07, 6.45) is -7.10. The lowest BCUT2D eigenvalue weighted by molar-refractivity contribution is -0.324. The smallest absolute Gasteiger partial charge is 0.303 e. The van der Waals surface area contributed by atoms with Gasteiger partial charge in [0.05, 0.1) is 24.9 Å². The third kappa shape index (κ3) is 3.32. The van der Waals surface area contributed by atoms with E-state index in [1.807, 2.05) is 0 Å². The van der Waals surface area contributed by atoms with E-state index in [1.165, 1.54) is 19.9 Å². The van der Waals surface area contributed by atoms with E-state index >= 15 is 0 Å². The number of hydrogen-bond acceptors (Lipinski definition) is 11. The van der Waals surface area contributed by atoms with Gasteiger partial charge in [0.1, 0.15) is 23.4 Å². The quantitative estimate of drug-likeness (QED) is 0.309. The van der Waals surface area contributed by atoms with Crippen molar-refractivity contribution in [1.82, 2.24) is 0 Å². The maximum atomic E-state index is 12.0. The van der Waals surface area contributed by atoms with Gasteiger partial charge in [-0.1, -0.05) is 0 Å². The number of ether oxygens (including phenoxy) is 4. The minimum atomic E-state index is -1.88. The number of fused-ring (bicyclic) bond motifs is 1. The van der Waals surface area contributed by atoms with Gasteiger partial charge in [-0.2, -0.15) is 0 Å². The zero-order valence-electron chi connectivity index (χ0n) is 15.3. The fourth-order valence-electron chi connectivity index (χ4n) is 4.13. The van der Waals surface area contributed by atoms with Crippen molar-refractivity contribution in [2.75, 3.05) is 6.61 Å². The molecule has 1 aliphatic carbocycles. The van der Waals surface area contributed by atoms with Crippen molar-refractivity contribution < 1.29 is 54.1 Å². The number of rotatable bonds is 4. The summed E-state index contributed by atoms with van der Waals surface area (Å²) in [6.45, 7) is 1.95. The molecule has 0 bridgehead atoms. The van der Waals surface area contributed by atoms with Crippen molar-refractivity contribution >= 4 is 11.8 Å². The lowest BCUT2D eigenvalue weighted by atomic mass is 9.81. The van der Waals surface area contributed by atoms with E-state index in [-0.39, 0.29) is 6.42 Å². The van der Waals surface area contributed by atoms with Gasteiger partial charge in [0.15, 0.2) is 18.2 Å². The average Bonchev–Trinajstić information content (AvgIpc) is 2.81. The predicted molar refractivity (Wildman–Crippen MR) is 87.1 cm³/mol. The molecule has 9 atom stereocenters. The number of esters is 1. The van der Waals surface area contributed by atoms with Crippen LogP contribution in [-0.4, -0.2) is 92.1 Å². The number of Topliss-reactive ketones (excluding diaryl/α,β-unsaturated/α-hetero) is 1. The summed E-state index contributed by atoms with van der Waals surface area (Å²) in [7, 11) is 0. The van der Waals surface area contributed by atoms with E-state index in [1.54, 1.807) is 0 Å². The van der Waals surface area contributed by atoms with Gasteiger partial charge in [0.2, 0.25) is 6.29 Å². The van der Waals surface area contributed by atoms with E-state index in [0.29, 0.717) is 0 Å². The number of hydrogen-bond donors (Lipinski definition) is 5. The summed E-state index contributed by atoms with van der Waals surface area (Å²) in [4.78, 5) is 23.5. The summed E-state index contributed by atoms with van der Waals surface area (Å²) in [5.41, 5.74) is -3.26. The molecule has 158 valence electrons. The zero-order chi connectivity index (χ0) is 20.9. The molecule has 2 fully saturated rings. The molecule has 3 rings (SSSR count). The van der Waals surface area contributed by atoms with Gasteiger partial charge in [-0.05, 0) is 13.0 Å². The third-order valence-electron chi connectivity index (χ3n) is 5.44. The number of ketones is 1. The topological polar surface area (TPSA) is 172 Å². The SMILES string of the molecule is CC(=O)O[C@@]1(C)C[C@@H](O)[C@]2(O)C=CO[C@@H](O[C@@H]3O[C@H](CO)[C@@H](O)C(=O)[C@H]3O)[C@@H]21. The fourth-order valence-corrected chi connectivity index (χ4v) is 4.13. The molecule has 5 N–H and O–H groups in total. The Kier molecular flexibility index (Phi) is 5.53. The molecule has 0 aromatic heterocycles. The molecule has 0 spiro atoms. The van der Waals surface area contributed by atoms with Gasteiger partial charge >= 0.3 is 5.97 Å². The number of carbonyl (C=O) groups is 2. The van der Waals surface area contributed by atoms with Crippen LogP contribution < -0.4 is 0 Å². The second-order valence-electron chi connectivity index (χ2n) is 7.45. The van der Waals surface area contributed by atoms with Crippen LogP contribution in [0.1, 0.15) is 20.3 Å². The van der Waals surface area contributed by atoms with Crippen LogP contribution in [-0.2, 0) is 28.5 Å². The summed E-state index contributed by atoms with van der Waals surface area (Å²) < 4.78 is 21.5. The number of aliphatic hydroxyl groups is 5. The van der Waals surface area contributed by atoms with Gasteiger partial charge in [0.25, 0.3) is 0 Å². The average molecular weight is 404 g/mol. The Morgan fingerprint density at radius 1 is 1.29 bits per heavy atom. The van der Waals surface area contributed by atoms with E-state index < -0.39 is 72.5 Å². The van der Waals surface area contributed by atoms with Crippen molar-refractivity contribution in [2.24, 2.45) is 5.92 Å². The van der Waals surface area contributed by atoms with E-state index in [2.05, 4.69) is 0 Å². The maximum Gasteiger partial charge on any atom is 0.303 e. The Bertz CT molecular complexity index is 665. The number of aliphatic hydroxyl groups excluding tert-OH is 4. The van der Waals surface area contributed by atoms with Crippen molar-refractivity contribution in [3.05, 3.63) is 12.3 Å². The van der Waals surface area contributed by atoms with E-state index in [4.69, 9.17) is 18.9 Å². The number of carbonyl (C=O) groups excluding carboxylic acids is 2. The van der Waals surface area contributed by atoms with Gasteiger partial charge in [-0.3, -0.25) is 9.59 Å². The largest absolute Gasteiger partial charge is 0.472 e. The van der Waals surface area contributed by atoms with Gasteiger partial charge < -0.3 is 44.5 Å². The van der Waals surface area contributed by atoms with Crippen LogP contribution in [0.15, 0.2) is 12.3 Å². The highest BCUT2D eigenvalue weighted by Crippen LogP contribution is 2.51. The monoisotopic (exact) mass is 404 g/mol. The Morgan fingerprint density at radius 2 is 1.96 bits per heavy atom. The predicted octanol–water partition coefficient (Wildman–Crippen LogP) is -2.69. The maximum absolute atomic E-state index is 12.0. The Balaban J connectivity index is 1.88. The van der Waals surface area contributed by atoms with Crippen LogP contribution in [0.4, 0.5) is 0 Å². The molecule has 2 aliphatic heterocycles. The molecule has 0 radical (unpaired) electrons. The molecule has 3 aliphatic rings.